The smallest absolute Gasteiger partial charge is 0.292 e. The zero-order chi connectivity index (χ0) is 13.3. The summed E-state index contributed by atoms with van der Waals surface area (Å²) in [4.78, 5) is 15.6. The van der Waals surface area contributed by atoms with E-state index in [-0.39, 0.29) is 6.54 Å². The predicted octanol–water partition coefficient (Wildman–Crippen LogP) is 2.70. The van der Waals surface area contributed by atoms with Gasteiger partial charge in [-0.3, -0.25) is 4.57 Å². The monoisotopic (exact) mass is 266 g/mol. The van der Waals surface area contributed by atoms with Crippen molar-refractivity contribution < 1.29 is 4.39 Å². The van der Waals surface area contributed by atoms with Crippen LogP contribution < -0.4 is 5.69 Å². The Morgan fingerprint density at radius 2 is 2.11 bits per heavy atom. The second-order valence-electron chi connectivity index (χ2n) is 4.11. The molecular formula is C13H12ClFN2O. The maximum atomic E-state index is 13.7. The van der Waals surface area contributed by atoms with E-state index in [1.54, 1.807) is 26.0 Å². The van der Waals surface area contributed by atoms with Crippen molar-refractivity contribution in [3.8, 4) is 0 Å². The molecule has 0 unspecified atom stereocenters. The molecule has 5 heteroatoms. The van der Waals surface area contributed by atoms with Crippen LogP contribution in [0.1, 0.15) is 17.0 Å². The lowest BCUT2D eigenvalue weighted by Gasteiger charge is -2.11. The molecule has 1 aromatic carbocycles. The number of hydrogen-bond donors (Lipinski definition) is 0. The van der Waals surface area contributed by atoms with Crippen LogP contribution in [-0.4, -0.2) is 9.55 Å². The normalized spacial score (nSPS) is 10.7. The maximum Gasteiger partial charge on any atom is 0.348 e. The average Bonchev–Trinajstić information content (AvgIpc) is 2.26. The van der Waals surface area contributed by atoms with Gasteiger partial charge in [-0.1, -0.05) is 17.7 Å². The third-order valence-corrected chi connectivity index (χ3v) is 3.08. The van der Waals surface area contributed by atoms with E-state index in [0.29, 0.717) is 16.3 Å². The Morgan fingerprint density at radius 1 is 1.39 bits per heavy atom. The summed E-state index contributed by atoms with van der Waals surface area (Å²) < 4.78 is 15.1. The van der Waals surface area contributed by atoms with E-state index in [1.165, 1.54) is 16.7 Å². The first kappa shape index (κ1) is 12.8. The van der Waals surface area contributed by atoms with Gasteiger partial charge in [0.25, 0.3) is 0 Å². The lowest BCUT2D eigenvalue weighted by molar-refractivity contribution is 0.589. The van der Waals surface area contributed by atoms with E-state index in [2.05, 4.69) is 4.98 Å². The van der Waals surface area contributed by atoms with Crippen LogP contribution in [0.4, 0.5) is 4.39 Å². The number of benzene rings is 1. The number of hydrogen-bond acceptors (Lipinski definition) is 2. The quantitative estimate of drug-likeness (QED) is 0.838. The summed E-state index contributed by atoms with van der Waals surface area (Å²) in [6, 6.07) is 6.23. The van der Waals surface area contributed by atoms with Crippen LogP contribution >= 0.6 is 11.6 Å². The number of nitrogens with zero attached hydrogens (tertiary/aromatic N) is 2. The van der Waals surface area contributed by atoms with Crippen LogP contribution in [0.2, 0.25) is 5.02 Å². The zero-order valence-corrected chi connectivity index (χ0v) is 10.8. The molecule has 0 aliphatic carbocycles. The molecule has 0 aliphatic heterocycles. The number of aromatic nitrogens is 2. The molecule has 0 radical (unpaired) electrons. The summed E-state index contributed by atoms with van der Waals surface area (Å²) in [6.07, 6.45) is 0. The molecule has 94 valence electrons. The second kappa shape index (κ2) is 4.90. The Balaban J connectivity index is 2.50. The lowest BCUT2D eigenvalue weighted by atomic mass is 10.2. The summed E-state index contributed by atoms with van der Waals surface area (Å²) in [5, 5.41) is 0.307. The minimum absolute atomic E-state index is 0.0868. The summed E-state index contributed by atoms with van der Waals surface area (Å²) >= 11 is 5.94. The average molecular weight is 267 g/mol. The van der Waals surface area contributed by atoms with Crippen LogP contribution in [0.5, 0.6) is 0 Å². The van der Waals surface area contributed by atoms with Crippen LogP contribution in [0.3, 0.4) is 0 Å². The Labute approximate surface area is 109 Å². The summed E-state index contributed by atoms with van der Waals surface area (Å²) in [5.74, 6) is -0.422. The van der Waals surface area contributed by atoms with Gasteiger partial charge in [-0.05, 0) is 32.0 Å². The highest BCUT2D eigenvalue weighted by Crippen LogP contribution is 2.19. The molecule has 0 saturated heterocycles. The van der Waals surface area contributed by atoms with Crippen molar-refractivity contribution in [1.29, 1.82) is 0 Å². The Bertz CT molecular complexity index is 632. The molecule has 2 aromatic rings. The van der Waals surface area contributed by atoms with Gasteiger partial charge in [-0.15, -0.1) is 0 Å². The van der Waals surface area contributed by atoms with Crippen LogP contribution in [0.15, 0.2) is 29.1 Å². The molecule has 2 rings (SSSR count). The topological polar surface area (TPSA) is 34.9 Å². The van der Waals surface area contributed by atoms with E-state index in [0.717, 1.165) is 5.69 Å². The minimum Gasteiger partial charge on any atom is -0.292 e. The predicted molar refractivity (Wildman–Crippen MR) is 68.5 cm³/mol. The van der Waals surface area contributed by atoms with Crippen LogP contribution in [0, 0.1) is 19.7 Å². The summed E-state index contributed by atoms with van der Waals surface area (Å²) in [7, 11) is 0. The largest absolute Gasteiger partial charge is 0.348 e. The maximum absolute atomic E-state index is 13.7. The minimum atomic E-state index is -0.422. The van der Waals surface area contributed by atoms with E-state index in [4.69, 9.17) is 11.6 Å². The van der Waals surface area contributed by atoms with Crippen molar-refractivity contribution in [2.45, 2.75) is 20.4 Å². The Hall–Kier alpha value is -1.68. The molecule has 1 aromatic heterocycles. The van der Waals surface area contributed by atoms with Gasteiger partial charge < -0.3 is 0 Å². The van der Waals surface area contributed by atoms with Gasteiger partial charge in [-0.25, -0.2) is 9.18 Å². The van der Waals surface area contributed by atoms with Crippen LogP contribution in [-0.2, 0) is 6.54 Å². The van der Waals surface area contributed by atoms with Gasteiger partial charge >= 0.3 is 5.69 Å². The fourth-order valence-corrected chi connectivity index (χ4v) is 2.03. The molecule has 1 heterocycles. The van der Waals surface area contributed by atoms with Gasteiger partial charge in [-0.2, -0.15) is 4.98 Å². The molecule has 0 saturated carbocycles. The third kappa shape index (κ3) is 2.43. The Kier molecular flexibility index (Phi) is 3.48. The first-order chi connectivity index (χ1) is 8.49. The molecule has 0 amide bonds. The van der Waals surface area contributed by atoms with Crippen molar-refractivity contribution >= 4 is 11.6 Å². The van der Waals surface area contributed by atoms with E-state index >= 15 is 0 Å². The number of rotatable bonds is 2. The zero-order valence-electron chi connectivity index (χ0n) is 10.1. The molecule has 0 spiro atoms. The fourth-order valence-electron chi connectivity index (χ4n) is 1.81. The molecule has 0 aliphatic rings. The van der Waals surface area contributed by atoms with Crippen molar-refractivity contribution in [1.82, 2.24) is 9.55 Å². The molecule has 3 nitrogen and oxygen atoms in total. The standard InChI is InChI=1S/C13H12ClFN2O/c1-8-6-9(2)17(13(18)16-8)7-10-11(14)4-3-5-12(10)15/h3-6H,7H2,1-2H3. The summed E-state index contributed by atoms with van der Waals surface area (Å²) in [5.41, 5.74) is 1.28. The van der Waals surface area contributed by atoms with Crippen molar-refractivity contribution in [3.63, 3.8) is 0 Å². The highest BCUT2D eigenvalue weighted by Gasteiger charge is 2.10. The van der Waals surface area contributed by atoms with Gasteiger partial charge in [0, 0.05) is 22.0 Å². The molecule has 18 heavy (non-hydrogen) atoms. The summed E-state index contributed by atoms with van der Waals surface area (Å²) in [6.45, 7) is 3.61. The lowest BCUT2D eigenvalue weighted by Crippen LogP contribution is -2.26. The van der Waals surface area contributed by atoms with E-state index in [1.807, 2.05) is 0 Å². The third-order valence-electron chi connectivity index (χ3n) is 2.72. The fraction of sp³-hybridized carbons (Fsp3) is 0.231. The van der Waals surface area contributed by atoms with Crippen molar-refractivity contribution in [2.24, 2.45) is 0 Å². The molecule has 0 N–H and O–H groups in total. The Morgan fingerprint density at radius 3 is 2.72 bits per heavy atom. The SMILES string of the molecule is Cc1cc(C)n(Cc2c(F)cccc2Cl)c(=O)n1. The van der Waals surface area contributed by atoms with Gasteiger partial charge in [0.05, 0.1) is 6.54 Å². The van der Waals surface area contributed by atoms with Gasteiger partial charge in [0.15, 0.2) is 0 Å². The highest BCUT2D eigenvalue weighted by molar-refractivity contribution is 6.31. The molecule has 0 atom stereocenters. The van der Waals surface area contributed by atoms with Gasteiger partial charge in [0.1, 0.15) is 5.82 Å². The van der Waals surface area contributed by atoms with Gasteiger partial charge in [0.2, 0.25) is 0 Å². The molecular weight excluding hydrogens is 255 g/mol. The van der Waals surface area contributed by atoms with Crippen molar-refractivity contribution in [2.75, 3.05) is 0 Å². The number of halogens is 2. The first-order valence-corrected chi connectivity index (χ1v) is 5.85. The highest BCUT2D eigenvalue weighted by atomic mass is 35.5. The molecule has 0 fully saturated rings. The second-order valence-corrected chi connectivity index (χ2v) is 4.52. The van der Waals surface area contributed by atoms with E-state index in [9.17, 15) is 9.18 Å². The van der Waals surface area contributed by atoms with Crippen molar-refractivity contribution in [3.05, 3.63) is 62.5 Å². The first-order valence-electron chi connectivity index (χ1n) is 5.47. The molecule has 0 bridgehead atoms. The van der Waals surface area contributed by atoms with Crippen LogP contribution in [0.25, 0.3) is 0 Å². The van der Waals surface area contributed by atoms with E-state index < -0.39 is 11.5 Å². The number of aryl methyl sites for hydroxylation is 2.